The molecule has 0 saturated carbocycles. The van der Waals surface area contributed by atoms with Crippen molar-refractivity contribution in [3.8, 4) is 5.75 Å². The SMILES string of the molecule is CNC(Cc1ccccc1)c1ccc2c(c1)CC(C)(C)O2. The molecule has 1 aliphatic rings. The minimum absolute atomic E-state index is 0.0739. The number of hydrogen-bond acceptors (Lipinski definition) is 2. The van der Waals surface area contributed by atoms with Gasteiger partial charge in [-0.05, 0) is 50.1 Å². The van der Waals surface area contributed by atoms with Crippen LogP contribution in [0.15, 0.2) is 48.5 Å². The molecule has 0 aromatic heterocycles. The monoisotopic (exact) mass is 281 g/mol. The van der Waals surface area contributed by atoms with Gasteiger partial charge in [-0.25, -0.2) is 0 Å². The summed E-state index contributed by atoms with van der Waals surface area (Å²) in [7, 11) is 2.03. The van der Waals surface area contributed by atoms with Gasteiger partial charge in [0.1, 0.15) is 11.4 Å². The summed E-state index contributed by atoms with van der Waals surface area (Å²) in [6, 6.07) is 17.6. The highest BCUT2D eigenvalue weighted by molar-refractivity contribution is 5.43. The summed E-state index contributed by atoms with van der Waals surface area (Å²) in [6.45, 7) is 4.29. The molecule has 1 atom stereocenters. The number of benzene rings is 2. The van der Waals surface area contributed by atoms with E-state index in [9.17, 15) is 0 Å². The molecule has 2 nitrogen and oxygen atoms in total. The summed E-state index contributed by atoms with van der Waals surface area (Å²) in [5, 5.41) is 3.44. The van der Waals surface area contributed by atoms with E-state index in [2.05, 4.69) is 67.7 Å². The van der Waals surface area contributed by atoms with Crippen LogP contribution in [0.2, 0.25) is 0 Å². The van der Waals surface area contributed by atoms with Crippen molar-refractivity contribution in [2.24, 2.45) is 0 Å². The fourth-order valence-electron chi connectivity index (χ4n) is 3.08. The lowest BCUT2D eigenvalue weighted by molar-refractivity contribution is 0.138. The number of likely N-dealkylation sites (N-methyl/N-ethyl adjacent to an activating group) is 1. The van der Waals surface area contributed by atoms with Crippen molar-refractivity contribution in [2.45, 2.75) is 38.3 Å². The molecule has 0 saturated heterocycles. The highest BCUT2D eigenvalue weighted by Crippen LogP contribution is 2.36. The largest absolute Gasteiger partial charge is 0.487 e. The molecule has 1 N–H and O–H groups in total. The third-order valence-electron chi connectivity index (χ3n) is 4.12. The zero-order valence-electron chi connectivity index (χ0n) is 13.0. The molecule has 3 rings (SSSR count). The normalized spacial score (nSPS) is 17.1. The van der Waals surface area contributed by atoms with Gasteiger partial charge in [0.05, 0.1) is 0 Å². The number of ether oxygens (including phenoxy) is 1. The van der Waals surface area contributed by atoms with Gasteiger partial charge in [0.25, 0.3) is 0 Å². The van der Waals surface area contributed by atoms with E-state index in [4.69, 9.17) is 4.74 Å². The Morgan fingerprint density at radius 2 is 1.90 bits per heavy atom. The molecule has 1 heterocycles. The highest BCUT2D eigenvalue weighted by Gasteiger charge is 2.30. The zero-order valence-corrected chi connectivity index (χ0v) is 13.0. The molecular formula is C19H23NO. The number of fused-ring (bicyclic) bond motifs is 1. The van der Waals surface area contributed by atoms with Crippen LogP contribution in [-0.2, 0) is 12.8 Å². The Bertz CT molecular complexity index is 619. The zero-order chi connectivity index (χ0) is 14.9. The molecule has 2 heteroatoms. The van der Waals surface area contributed by atoms with Crippen LogP contribution in [0.5, 0.6) is 5.75 Å². The molecule has 21 heavy (non-hydrogen) atoms. The topological polar surface area (TPSA) is 21.3 Å². The van der Waals surface area contributed by atoms with Crippen molar-refractivity contribution < 1.29 is 4.74 Å². The van der Waals surface area contributed by atoms with E-state index in [1.54, 1.807) is 0 Å². The van der Waals surface area contributed by atoms with Crippen LogP contribution in [-0.4, -0.2) is 12.6 Å². The Morgan fingerprint density at radius 1 is 1.14 bits per heavy atom. The molecule has 1 unspecified atom stereocenters. The van der Waals surface area contributed by atoms with E-state index in [0.717, 1.165) is 18.6 Å². The minimum atomic E-state index is -0.0739. The summed E-state index contributed by atoms with van der Waals surface area (Å²) in [5.41, 5.74) is 3.94. The Kier molecular flexibility index (Phi) is 3.73. The van der Waals surface area contributed by atoms with E-state index >= 15 is 0 Å². The fourth-order valence-corrected chi connectivity index (χ4v) is 3.08. The Morgan fingerprint density at radius 3 is 2.62 bits per heavy atom. The van der Waals surface area contributed by atoms with Crippen molar-refractivity contribution in [1.29, 1.82) is 0 Å². The second kappa shape index (κ2) is 5.53. The Hall–Kier alpha value is -1.80. The van der Waals surface area contributed by atoms with E-state index < -0.39 is 0 Å². The summed E-state index contributed by atoms with van der Waals surface area (Å²) in [6.07, 6.45) is 1.98. The lowest BCUT2D eigenvalue weighted by atomic mass is 9.95. The molecule has 2 aromatic rings. The first kappa shape index (κ1) is 14.2. The van der Waals surface area contributed by atoms with Crippen molar-refractivity contribution >= 4 is 0 Å². The van der Waals surface area contributed by atoms with E-state index in [1.165, 1.54) is 16.7 Å². The molecular weight excluding hydrogens is 258 g/mol. The Labute approximate surface area is 127 Å². The molecule has 2 aromatic carbocycles. The third kappa shape index (κ3) is 3.11. The van der Waals surface area contributed by atoms with Gasteiger partial charge in [-0.15, -0.1) is 0 Å². The maximum absolute atomic E-state index is 5.96. The minimum Gasteiger partial charge on any atom is -0.487 e. The van der Waals surface area contributed by atoms with Crippen LogP contribution in [0, 0.1) is 0 Å². The lowest BCUT2D eigenvalue weighted by Gasteiger charge is -2.17. The molecule has 0 aliphatic carbocycles. The third-order valence-corrected chi connectivity index (χ3v) is 4.12. The Balaban J connectivity index is 1.83. The molecule has 1 aliphatic heterocycles. The fraction of sp³-hybridized carbons (Fsp3) is 0.368. The van der Waals surface area contributed by atoms with Crippen molar-refractivity contribution in [3.63, 3.8) is 0 Å². The van der Waals surface area contributed by atoms with Gasteiger partial charge in [-0.2, -0.15) is 0 Å². The number of nitrogens with one attached hydrogen (secondary N) is 1. The van der Waals surface area contributed by atoms with Crippen LogP contribution in [0.3, 0.4) is 0 Å². The van der Waals surface area contributed by atoms with Crippen molar-refractivity contribution in [2.75, 3.05) is 7.05 Å². The van der Waals surface area contributed by atoms with Gasteiger partial charge < -0.3 is 10.1 Å². The number of rotatable bonds is 4. The molecule has 0 spiro atoms. The predicted molar refractivity (Wildman–Crippen MR) is 86.8 cm³/mol. The second-order valence-corrected chi connectivity index (χ2v) is 6.44. The maximum Gasteiger partial charge on any atom is 0.123 e. The quantitative estimate of drug-likeness (QED) is 0.917. The first-order valence-electron chi connectivity index (χ1n) is 7.60. The maximum atomic E-state index is 5.96. The standard InChI is InChI=1S/C19H23NO/c1-19(2)13-16-12-15(9-10-18(16)21-19)17(20-3)11-14-7-5-4-6-8-14/h4-10,12,17,20H,11,13H2,1-3H3. The average Bonchev–Trinajstić information content (AvgIpc) is 2.78. The summed E-state index contributed by atoms with van der Waals surface area (Å²) < 4.78 is 5.96. The van der Waals surface area contributed by atoms with Crippen molar-refractivity contribution in [3.05, 3.63) is 65.2 Å². The molecule has 0 amide bonds. The molecule has 0 bridgehead atoms. The summed E-state index contributed by atoms with van der Waals surface area (Å²) in [4.78, 5) is 0. The van der Waals surface area contributed by atoms with Crippen molar-refractivity contribution in [1.82, 2.24) is 5.32 Å². The first-order valence-corrected chi connectivity index (χ1v) is 7.60. The smallest absolute Gasteiger partial charge is 0.123 e. The summed E-state index contributed by atoms with van der Waals surface area (Å²) >= 11 is 0. The van der Waals surface area contributed by atoms with Crippen LogP contribution < -0.4 is 10.1 Å². The van der Waals surface area contributed by atoms with Crippen LogP contribution in [0.1, 0.15) is 36.6 Å². The van der Waals surface area contributed by atoms with Crippen LogP contribution in [0.25, 0.3) is 0 Å². The van der Waals surface area contributed by atoms with Gasteiger partial charge in [-0.1, -0.05) is 42.5 Å². The molecule has 0 fully saturated rings. The van der Waals surface area contributed by atoms with E-state index in [-0.39, 0.29) is 5.60 Å². The lowest BCUT2D eigenvalue weighted by Crippen LogP contribution is -2.24. The average molecular weight is 281 g/mol. The van der Waals surface area contributed by atoms with Gasteiger partial charge in [0.15, 0.2) is 0 Å². The van der Waals surface area contributed by atoms with Gasteiger partial charge in [0.2, 0.25) is 0 Å². The van der Waals surface area contributed by atoms with Crippen LogP contribution in [0.4, 0.5) is 0 Å². The first-order chi connectivity index (χ1) is 10.1. The number of hydrogen-bond donors (Lipinski definition) is 1. The predicted octanol–water partition coefficient (Wildman–Crippen LogP) is 3.90. The summed E-state index contributed by atoms with van der Waals surface area (Å²) in [5.74, 6) is 1.04. The second-order valence-electron chi connectivity index (χ2n) is 6.44. The highest BCUT2D eigenvalue weighted by atomic mass is 16.5. The van der Waals surface area contributed by atoms with Gasteiger partial charge in [0, 0.05) is 12.5 Å². The molecule has 110 valence electrons. The van der Waals surface area contributed by atoms with E-state index in [1.807, 2.05) is 7.05 Å². The van der Waals surface area contributed by atoms with E-state index in [0.29, 0.717) is 6.04 Å². The van der Waals surface area contributed by atoms with Gasteiger partial charge in [-0.3, -0.25) is 0 Å². The van der Waals surface area contributed by atoms with Gasteiger partial charge >= 0.3 is 0 Å². The van der Waals surface area contributed by atoms with Crippen LogP contribution >= 0.6 is 0 Å². The molecule has 0 radical (unpaired) electrons.